The van der Waals surface area contributed by atoms with Crippen LogP contribution >= 0.6 is 11.6 Å². The molecule has 136 valence electrons. The third-order valence-corrected chi connectivity index (χ3v) is 4.73. The Morgan fingerprint density at radius 1 is 1.00 bits per heavy atom. The normalized spacial score (nSPS) is 12.3. The molecule has 0 bridgehead atoms. The maximum atomic E-state index is 13.1. The molecule has 26 heavy (non-hydrogen) atoms. The third-order valence-electron chi connectivity index (χ3n) is 3.55. The van der Waals surface area contributed by atoms with E-state index in [0.29, 0.717) is 16.3 Å². The summed E-state index contributed by atoms with van der Waals surface area (Å²) in [4.78, 5) is -0.144. The summed E-state index contributed by atoms with van der Waals surface area (Å²) in [6, 6.07) is 12.2. The van der Waals surface area contributed by atoms with Crippen molar-refractivity contribution < 1.29 is 21.6 Å². The van der Waals surface area contributed by atoms with Crippen molar-refractivity contribution in [3.63, 3.8) is 0 Å². The van der Waals surface area contributed by atoms with Gasteiger partial charge in [-0.3, -0.25) is 0 Å². The highest BCUT2D eigenvalue weighted by atomic mass is 35.5. The first-order chi connectivity index (χ1) is 12.1. The number of nitrogens with two attached hydrogens (primary N) is 1. The van der Waals surface area contributed by atoms with Crippen LogP contribution in [0.2, 0.25) is 5.02 Å². The van der Waals surface area contributed by atoms with E-state index in [9.17, 15) is 21.6 Å². The monoisotopic (exact) mass is 401 g/mol. The number of benzene rings is 2. The van der Waals surface area contributed by atoms with Crippen molar-refractivity contribution in [3.8, 4) is 16.9 Å². The number of halogens is 4. The minimum Gasteiger partial charge on any atom is -0.233 e. The van der Waals surface area contributed by atoms with Gasteiger partial charge >= 0.3 is 6.18 Å². The predicted octanol–water partition coefficient (Wildman–Crippen LogP) is 3.86. The van der Waals surface area contributed by atoms with Crippen molar-refractivity contribution in [3.05, 3.63) is 65.3 Å². The average molecular weight is 402 g/mol. The highest BCUT2D eigenvalue weighted by Crippen LogP contribution is 2.33. The smallest absolute Gasteiger partial charge is 0.233 e. The number of rotatable bonds is 3. The molecule has 1 aromatic heterocycles. The molecular formula is C16H11ClF3N3O2S. The van der Waals surface area contributed by atoms with Gasteiger partial charge in [0.05, 0.1) is 16.3 Å². The standard InChI is InChI=1S/C16H11ClF3N3O2S/c17-11-3-5-12(6-4-11)23-14(9-15(22-23)16(18,19)20)10-1-7-13(8-2-10)26(21,24)25/h1-9H,(H2,21,24,25). The maximum absolute atomic E-state index is 13.1. The molecule has 0 atom stereocenters. The van der Waals surface area contributed by atoms with Crippen molar-refractivity contribution >= 4 is 21.6 Å². The minimum atomic E-state index is -4.63. The first-order valence-electron chi connectivity index (χ1n) is 7.12. The fourth-order valence-electron chi connectivity index (χ4n) is 2.32. The molecular weight excluding hydrogens is 391 g/mol. The molecule has 0 saturated heterocycles. The summed E-state index contributed by atoms with van der Waals surface area (Å²) < 4.78 is 63.1. The summed E-state index contributed by atoms with van der Waals surface area (Å²) in [7, 11) is -3.90. The second kappa shape index (κ2) is 6.42. The quantitative estimate of drug-likeness (QED) is 0.723. The summed E-state index contributed by atoms with van der Waals surface area (Å²) in [5, 5.41) is 9.10. The fraction of sp³-hybridized carbons (Fsp3) is 0.0625. The zero-order valence-corrected chi connectivity index (χ0v) is 14.5. The Bertz CT molecular complexity index is 1040. The Balaban J connectivity index is 2.16. The Morgan fingerprint density at radius 2 is 1.58 bits per heavy atom. The molecule has 2 aromatic carbocycles. The summed E-state index contributed by atoms with van der Waals surface area (Å²) in [5.74, 6) is 0. The van der Waals surface area contributed by atoms with Crippen LogP contribution in [-0.2, 0) is 16.2 Å². The topological polar surface area (TPSA) is 78.0 Å². The molecule has 10 heteroatoms. The number of nitrogens with zero attached hydrogens (tertiary/aromatic N) is 2. The maximum Gasteiger partial charge on any atom is 0.435 e. The lowest BCUT2D eigenvalue weighted by molar-refractivity contribution is -0.141. The van der Waals surface area contributed by atoms with E-state index >= 15 is 0 Å². The zero-order chi connectivity index (χ0) is 19.1. The molecule has 1 heterocycles. The Morgan fingerprint density at radius 3 is 2.08 bits per heavy atom. The molecule has 0 spiro atoms. The van der Waals surface area contributed by atoms with Crippen LogP contribution in [0.15, 0.2) is 59.5 Å². The fourth-order valence-corrected chi connectivity index (χ4v) is 2.96. The SMILES string of the molecule is NS(=O)(=O)c1ccc(-c2cc(C(F)(F)F)nn2-c2ccc(Cl)cc2)cc1. The predicted molar refractivity (Wildman–Crippen MR) is 90.4 cm³/mol. The second-order valence-electron chi connectivity index (χ2n) is 5.37. The Hall–Kier alpha value is -2.36. The molecule has 3 aromatic rings. The number of alkyl halides is 3. The lowest BCUT2D eigenvalue weighted by Crippen LogP contribution is -2.11. The van der Waals surface area contributed by atoms with Crippen LogP contribution in [0.1, 0.15) is 5.69 Å². The van der Waals surface area contributed by atoms with E-state index in [-0.39, 0.29) is 10.6 Å². The van der Waals surface area contributed by atoms with Crippen molar-refractivity contribution in [2.45, 2.75) is 11.1 Å². The summed E-state index contributed by atoms with van der Waals surface area (Å²) in [6.07, 6.45) is -4.63. The average Bonchev–Trinajstić information content (AvgIpc) is 3.00. The van der Waals surface area contributed by atoms with Gasteiger partial charge < -0.3 is 0 Å². The van der Waals surface area contributed by atoms with E-state index in [1.54, 1.807) is 0 Å². The highest BCUT2D eigenvalue weighted by molar-refractivity contribution is 7.89. The molecule has 0 amide bonds. The molecule has 0 aliphatic heterocycles. The van der Waals surface area contributed by atoms with Crippen molar-refractivity contribution in [2.75, 3.05) is 0 Å². The summed E-state index contributed by atoms with van der Waals surface area (Å²) in [5.41, 5.74) is -0.218. The van der Waals surface area contributed by atoms with Gasteiger partial charge in [-0.05, 0) is 42.5 Å². The van der Waals surface area contributed by atoms with E-state index in [0.717, 1.165) is 10.7 Å². The summed E-state index contributed by atoms with van der Waals surface area (Å²) >= 11 is 5.82. The van der Waals surface area contributed by atoms with Crippen LogP contribution in [0.3, 0.4) is 0 Å². The molecule has 0 saturated carbocycles. The van der Waals surface area contributed by atoms with Gasteiger partial charge in [-0.1, -0.05) is 23.7 Å². The largest absolute Gasteiger partial charge is 0.435 e. The molecule has 0 fully saturated rings. The third kappa shape index (κ3) is 3.74. The van der Waals surface area contributed by atoms with Crippen LogP contribution in [-0.4, -0.2) is 18.2 Å². The lowest BCUT2D eigenvalue weighted by Gasteiger charge is -2.08. The molecule has 3 rings (SSSR count). The lowest BCUT2D eigenvalue weighted by atomic mass is 10.1. The summed E-state index contributed by atoms with van der Waals surface area (Å²) in [6.45, 7) is 0. The molecule has 5 nitrogen and oxygen atoms in total. The Labute approximate surface area is 151 Å². The van der Waals surface area contributed by atoms with Crippen molar-refractivity contribution in [1.29, 1.82) is 0 Å². The van der Waals surface area contributed by atoms with Crippen LogP contribution in [0.5, 0.6) is 0 Å². The van der Waals surface area contributed by atoms with Crippen LogP contribution < -0.4 is 5.14 Å². The number of hydrogen-bond acceptors (Lipinski definition) is 3. The van der Waals surface area contributed by atoms with E-state index < -0.39 is 21.9 Å². The number of hydrogen-bond donors (Lipinski definition) is 1. The highest BCUT2D eigenvalue weighted by Gasteiger charge is 2.35. The van der Waals surface area contributed by atoms with Crippen LogP contribution in [0.25, 0.3) is 16.9 Å². The number of aromatic nitrogens is 2. The molecule has 0 unspecified atom stereocenters. The Kier molecular flexibility index (Phi) is 4.55. The molecule has 0 aliphatic rings. The minimum absolute atomic E-state index is 0.139. The van der Waals surface area contributed by atoms with Gasteiger partial charge in [0.1, 0.15) is 0 Å². The first kappa shape index (κ1) is 18.4. The van der Waals surface area contributed by atoms with Gasteiger partial charge in [-0.15, -0.1) is 0 Å². The van der Waals surface area contributed by atoms with Crippen LogP contribution in [0.4, 0.5) is 13.2 Å². The van der Waals surface area contributed by atoms with E-state index in [1.165, 1.54) is 48.5 Å². The number of primary sulfonamides is 1. The number of sulfonamides is 1. The van der Waals surface area contributed by atoms with Gasteiger partial charge in [-0.2, -0.15) is 18.3 Å². The van der Waals surface area contributed by atoms with Gasteiger partial charge in [0.2, 0.25) is 10.0 Å². The van der Waals surface area contributed by atoms with Gasteiger partial charge in [0, 0.05) is 10.6 Å². The van der Waals surface area contributed by atoms with Crippen molar-refractivity contribution in [1.82, 2.24) is 9.78 Å². The van der Waals surface area contributed by atoms with E-state index in [2.05, 4.69) is 5.10 Å². The first-order valence-corrected chi connectivity index (χ1v) is 9.04. The second-order valence-corrected chi connectivity index (χ2v) is 7.37. The van der Waals surface area contributed by atoms with Crippen LogP contribution in [0, 0.1) is 0 Å². The molecule has 0 aliphatic carbocycles. The van der Waals surface area contributed by atoms with Gasteiger partial charge in [0.15, 0.2) is 5.69 Å². The van der Waals surface area contributed by atoms with Gasteiger partial charge in [-0.25, -0.2) is 18.2 Å². The van der Waals surface area contributed by atoms with Crippen molar-refractivity contribution in [2.24, 2.45) is 5.14 Å². The van der Waals surface area contributed by atoms with E-state index in [1.807, 2.05) is 0 Å². The molecule has 2 N–H and O–H groups in total. The van der Waals surface area contributed by atoms with E-state index in [4.69, 9.17) is 16.7 Å². The zero-order valence-electron chi connectivity index (χ0n) is 12.9. The molecule has 0 radical (unpaired) electrons. The van der Waals surface area contributed by atoms with Gasteiger partial charge in [0.25, 0.3) is 0 Å².